The quantitative estimate of drug-likeness (QED) is 0.830. The molecule has 1 aromatic carbocycles. The van der Waals surface area contributed by atoms with E-state index in [4.69, 9.17) is 17.3 Å². The van der Waals surface area contributed by atoms with E-state index in [2.05, 4.69) is 37.2 Å². The Hall–Kier alpha value is -0.100. The van der Waals surface area contributed by atoms with Crippen molar-refractivity contribution in [2.24, 2.45) is 11.7 Å². The molecule has 0 bridgehead atoms. The van der Waals surface area contributed by atoms with Crippen molar-refractivity contribution in [3.63, 3.8) is 0 Å². The number of hydrogen-bond acceptors (Lipinski definition) is 2. The van der Waals surface area contributed by atoms with Crippen LogP contribution in [-0.4, -0.2) is 12.5 Å². The van der Waals surface area contributed by atoms with Crippen LogP contribution in [0.4, 0.5) is 5.69 Å². The molecule has 0 spiro atoms. The van der Waals surface area contributed by atoms with Gasteiger partial charge in [0.1, 0.15) is 0 Å². The third-order valence-electron chi connectivity index (χ3n) is 2.30. The number of nitrogens with two attached hydrogens (primary N) is 1. The van der Waals surface area contributed by atoms with Gasteiger partial charge in [0.05, 0.1) is 5.69 Å². The molecule has 6 heteroatoms. The highest BCUT2D eigenvalue weighted by Gasteiger charge is 2.15. The lowest BCUT2D eigenvalue weighted by molar-refractivity contribution is -0.119. The standard InChI is InChI=1S/C11H13Br2ClN2O/c1-6(2-3-15)11(17)16-10-8(12)4-7(14)5-9(10)13/h4-6H,2-3,15H2,1H3,(H,16,17). The molecule has 3 nitrogen and oxygen atoms in total. The van der Waals surface area contributed by atoms with E-state index in [9.17, 15) is 4.79 Å². The molecule has 3 N–H and O–H groups in total. The second kappa shape index (κ2) is 6.73. The number of amides is 1. The SMILES string of the molecule is CC(CCN)C(=O)Nc1c(Br)cc(Cl)cc1Br. The predicted molar refractivity (Wildman–Crippen MR) is 78.3 cm³/mol. The van der Waals surface area contributed by atoms with E-state index >= 15 is 0 Å². The molecule has 0 aromatic heterocycles. The summed E-state index contributed by atoms with van der Waals surface area (Å²) in [6, 6.07) is 3.46. The van der Waals surface area contributed by atoms with E-state index in [1.165, 1.54) is 0 Å². The van der Waals surface area contributed by atoms with Crippen molar-refractivity contribution in [2.45, 2.75) is 13.3 Å². The Morgan fingerprint density at radius 3 is 2.47 bits per heavy atom. The average molecular weight is 384 g/mol. The van der Waals surface area contributed by atoms with Gasteiger partial charge in [0.15, 0.2) is 0 Å². The summed E-state index contributed by atoms with van der Waals surface area (Å²) in [5.74, 6) is -0.173. The molecule has 0 radical (unpaired) electrons. The van der Waals surface area contributed by atoms with Crippen molar-refractivity contribution < 1.29 is 4.79 Å². The van der Waals surface area contributed by atoms with E-state index in [1.807, 2.05) is 6.92 Å². The van der Waals surface area contributed by atoms with Gasteiger partial charge in [0.2, 0.25) is 5.91 Å². The summed E-state index contributed by atoms with van der Waals surface area (Å²) in [6.45, 7) is 2.34. The first-order valence-corrected chi connectivity index (χ1v) is 7.07. The molecule has 0 aliphatic heterocycles. The molecule has 1 aromatic rings. The minimum atomic E-state index is -0.116. The summed E-state index contributed by atoms with van der Waals surface area (Å²) < 4.78 is 1.48. The van der Waals surface area contributed by atoms with Gasteiger partial charge in [0, 0.05) is 19.9 Å². The maximum Gasteiger partial charge on any atom is 0.227 e. The molecule has 1 atom stereocenters. The lowest BCUT2D eigenvalue weighted by Crippen LogP contribution is -2.23. The monoisotopic (exact) mass is 382 g/mol. The number of carbonyl (C=O) groups is 1. The number of carbonyl (C=O) groups excluding carboxylic acids is 1. The second-order valence-electron chi connectivity index (χ2n) is 3.71. The van der Waals surface area contributed by atoms with E-state index < -0.39 is 0 Å². The molecule has 1 unspecified atom stereocenters. The summed E-state index contributed by atoms with van der Waals surface area (Å²) in [6.07, 6.45) is 0.661. The molecule has 1 rings (SSSR count). The van der Waals surface area contributed by atoms with Crippen LogP contribution in [0.3, 0.4) is 0 Å². The van der Waals surface area contributed by atoms with Gasteiger partial charge in [-0.1, -0.05) is 18.5 Å². The van der Waals surface area contributed by atoms with Crippen LogP contribution in [0.25, 0.3) is 0 Å². The molecular weight excluding hydrogens is 371 g/mol. The van der Waals surface area contributed by atoms with Crippen molar-refractivity contribution in [1.82, 2.24) is 0 Å². The van der Waals surface area contributed by atoms with Crippen molar-refractivity contribution >= 4 is 55.1 Å². The zero-order valence-corrected chi connectivity index (χ0v) is 13.2. The molecule has 17 heavy (non-hydrogen) atoms. The number of anilines is 1. The smallest absolute Gasteiger partial charge is 0.227 e. The second-order valence-corrected chi connectivity index (χ2v) is 5.86. The van der Waals surface area contributed by atoms with E-state index in [0.717, 1.165) is 8.95 Å². The first kappa shape index (κ1) is 15.0. The Morgan fingerprint density at radius 1 is 1.47 bits per heavy atom. The average Bonchev–Trinajstić information content (AvgIpc) is 2.23. The highest BCUT2D eigenvalue weighted by Crippen LogP contribution is 2.34. The van der Waals surface area contributed by atoms with Gasteiger partial charge in [0.25, 0.3) is 0 Å². The Bertz CT molecular complexity index is 403. The normalized spacial score (nSPS) is 12.3. The fourth-order valence-electron chi connectivity index (χ4n) is 1.29. The van der Waals surface area contributed by atoms with Gasteiger partial charge < -0.3 is 11.1 Å². The molecule has 0 saturated heterocycles. The highest BCUT2D eigenvalue weighted by molar-refractivity contribution is 9.11. The summed E-state index contributed by atoms with van der Waals surface area (Å²) in [4.78, 5) is 11.9. The van der Waals surface area contributed by atoms with Gasteiger partial charge in [-0.3, -0.25) is 4.79 Å². The largest absolute Gasteiger partial charge is 0.330 e. The molecular formula is C11H13Br2ClN2O. The number of benzene rings is 1. The van der Waals surface area contributed by atoms with Crippen LogP contribution in [0.5, 0.6) is 0 Å². The van der Waals surface area contributed by atoms with Gasteiger partial charge in [-0.2, -0.15) is 0 Å². The van der Waals surface area contributed by atoms with Crippen molar-refractivity contribution in [3.05, 3.63) is 26.1 Å². The van der Waals surface area contributed by atoms with Gasteiger partial charge in [-0.05, 0) is 57.0 Å². The van der Waals surface area contributed by atoms with E-state index in [-0.39, 0.29) is 11.8 Å². The van der Waals surface area contributed by atoms with E-state index in [1.54, 1.807) is 12.1 Å². The topological polar surface area (TPSA) is 55.1 Å². The molecule has 0 aliphatic rings. The molecule has 1 amide bonds. The fraction of sp³-hybridized carbons (Fsp3) is 0.364. The van der Waals surface area contributed by atoms with Gasteiger partial charge >= 0.3 is 0 Å². The minimum Gasteiger partial charge on any atom is -0.330 e. The Balaban J connectivity index is 2.85. The van der Waals surface area contributed by atoms with Crippen LogP contribution in [0.1, 0.15) is 13.3 Å². The maximum absolute atomic E-state index is 11.9. The lowest BCUT2D eigenvalue weighted by atomic mass is 10.1. The number of hydrogen-bond donors (Lipinski definition) is 2. The van der Waals surface area contributed by atoms with Crippen molar-refractivity contribution in [1.29, 1.82) is 0 Å². The Labute approximate surface area is 122 Å². The maximum atomic E-state index is 11.9. The highest BCUT2D eigenvalue weighted by atomic mass is 79.9. The summed E-state index contributed by atoms with van der Waals surface area (Å²) in [5.41, 5.74) is 6.11. The van der Waals surface area contributed by atoms with Crippen LogP contribution >= 0.6 is 43.5 Å². The number of rotatable bonds is 4. The van der Waals surface area contributed by atoms with Crippen LogP contribution < -0.4 is 11.1 Å². The summed E-state index contributed by atoms with van der Waals surface area (Å²) in [5, 5.41) is 3.44. The van der Waals surface area contributed by atoms with Gasteiger partial charge in [-0.25, -0.2) is 0 Å². The van der Waals surface area contributed by atoms with E-state index in [0.29, 0.717) is 23.7 Å². The minimum absolute atomic E-state index is 0.0563. The molecule has 0 heterocycles. The van der Waals surface area contributed by atoms with Crippen molar-refractivity contribution in [3.8, 4) is 0 Å². The molecule has 0 saturated carbocycles. The predicted octanol–water partition coefficient (Wildman–Crippen LogP) is 3.79. The Morgan fingerprint density at radius 2 is 2.00 bits per heavy atom. The summed E-state index contributed by atoms with van der Waals surface area (Å²) in [7, 11) is 0. The zero-order chi connectivity index (χ0) is 13.0. The van der Waals surface area contributed by atoms with Crippen LogP contribution in [0, 0.1) is 5.92 Å². The number of halogens is 3. The van der Waals surface area contributed by atoms with Crippen LogP contribution in [-0.2, 0) is 4.79 Å². The van der Waals surface area contributed by atoms with Crippen LogP contribution in [0.15, 0.2) is 21.1 Å². The fourth-order valence-corrected chi connectivity index (χ4v) is 3.16. The number of nitrogens with one attached hydrogen (secondary N) is 1. The summed E-state index contributed by atoms with van der Waals surface area (Å²) >= 11 is 12.6. The molecule has 0 fully saturated rings. The Kier molecular flexibility index (Phi) is 5.92. The first-order valence-electron chi connectivity index (χ1n) is 5.11. The third kappa shape index (κ3) is 4.25. The van der Waals surface area contributed by atoms with Gasteiger partial charge in [-0.15, -0.1) is 0 Å². The lowest BCUT2D eigenvalue weighted by Gasteiger charge is -2.14. The zero-order valence-electron chi connectivity index (χ0n) is 9.27. The third-order valence-corrected chi connectivity index (χ3v) is 3.77. The van der Waals surface area contributed by atoms with Crippen LogP contribution in [0.2, 0.25) is 5.02 Å². The first-order chi connectivity index (χ1) is 7.95. The molecule has 0 aliphatic carbocycles. The van der Waals surface area contributed by atoms with Crippen molar-refractivity contribution in [2.75, 3.05) is 11.9 Å². The molecule has 94 valence electrons.